The zero-order chi connectivity index (χ0) is 14.5. The molecule has 106 valence electrons. The van der Waals surface area contributed by atoms with E-state index in [1.807, 2.05) is 13.8 Å². The van der Waals surface area contributed by atoms with Gasteiger partial charge in [0.1, 0.15) is 17.1 Å². The Hall–Kier alpha value is -1.62. The first-order valence-electron chi connectivity index (χ1n) is 6.22. The zero-order valence-electron chi connectivity index (χ0n) is 11.6. The Balaban J connectivity index is 2.79. The van der Waals surface area contributed by atoms with E-state index in [0.717, 1.165) is 6.42 Å². The Morgan fingerprint density at radius 3 is 2.74 bits per heavy atom. The maximum absolute atomic E-state index is 13.7. The van der Waals surface area contributed by atoms with Crippen molar-refractivity contribution in [1.82, 2.24) is 5.32 Å². The van der Waals surface area contributed by atoms with E-state index in [4.69, 9.17) is 10.5 Å². The van der Waals surface area contributed by atoms with Crippen LogP contribution in [0.15, 0.2) is 18.2 Å². The molecule has 0 unspecified atom stereocenters. The molecule has 0 saturated heterocycles. The number of hydrogen-bond acceptors (Lipinski definition) is 3. The molecule has 0 atom stereocenters. The van der Waals surface area contributed by atoms with Crippen LogP contribution in [0.1, 0.15) is 30.6 Å². The lowest BCUT2D eigenvalue weighted by Crippen LogP contribution is -2.35. The summed E-state index contributed by atoms with van der Waals surface area (Å²) in [6, 6.07) is 4.30. The number of carbonyl (C=O) groups excluding carboxylic acids is 1. The number of rotatable bonds is 6. The minimum absolute atomic E-state index is 0.0615. The van der Waals surface area contributed by atoms with Gasteiger partial charge >= 0.3 is 0 Å². The van der Waals surface area contributed by atoms with Gasteiger partial charge in [-0.05, 0) is 30.5 Å². The number of carbonyl (C=O) groups is 1. The molecule has 0 fully saturated rings. The van der Waals surface area contributed by atoms with Crippen LogP contribution in [0.3, 0.4) is 0 Å². The highest BCUT2D eigenvalue weighted by Gasteiger charge is 2.21. The number of nitrogens with one attached hydrogen (secondary N) is 1. The SMILES string of the molecule is COc1cccc(F)c1C(=O)NCC(C)(C)CCN. The maximum atomic E-state index is 13.7. The van der Waals surface area contributed by atoms with Gasteiger partial charge in [-0.1, -0.05) is 19.9 Å². The van der Waals surface area contributed by atoms with Gasteiger partial charge in [-0.3, -0.25) is 4.79 Å². The summed E-state index contributed by atoms with van der Waals surface area (Å²) in [5.41, 5.74) is 5.33. The summed E-state index contributed by atoms with van der Waals surface area (Å²) in [7, 11) is 1.41. The Labute approximate surface area is 113 Å². The van der Waals surface area contributed by atoms with E-state index >= 15 is 0 Å². The highest BCUT2D eigenvalue weighted by molar-refractivity contribution is 5.97. The molecule has 1 aromatic rings. The molecule has 0 saturated carbocycles. The molecular formula is C14H21FN2O2. The molecule has 0 aliphatic rings. The lowest BCUT2D eigenvalue weighted by Gasteiger charge is -2.24. The third-order valence-electron chi connectivity index (χ3n) is 2.97. The quantitative estimate of drug-likeness (QED) is 0.828. The Morgan fingerprint density at radius 2 is 2.16 bits per heavy atom. The first kappa shape index (κ1) is 15.4. The minimum Gasteiger partial charge on any atom is -0.496 e. The molecule has 0 heterocycles. The first-order chi connectivity index (χ1) is 8.91. The second kappa shape index (κ2) is 6.52. The average molecular weight is 268 g/mol. The molecule has 0 spiro atoms. The molecule has 0 radical (unpaired) electrons. The van der Waals surface area contributed by atoms with Gasteiger partial charge in [0.15, 0.2) is 0 Å². The third kappa shape index (κ3) is 4.21. The Kier molecular flexibility index (Phi) is 5.30. The highest BCUT2D eigenvalue weighted by Crippen LogP contribution is 2.22. The van der Waals surface area contributed by atoms with E-state index in [-0.39, 0.29) is 16.7 Å². The number of ether oxygens (including phenoxy) is 1. The maximum Gasteiger partial charge on any atom is 0.258 e. The first-order valence-corrected chi connectivity index (χ1v) is 6.22. The summed E-state index contributed by atoms with van der Waals surface area (Å²) in [5.74, 6) is -0.831. The molecular weight excluding hydrogens is 247 g/mol. The van der Waals surface area contributed by atoms with Crippen LogP contribution in [0.2, 0.25) is 0 Å². The molecule has 19 heavy (non-hydrogen) atoms. The smallest absolute Gasteiger partial charge is 0.258 e. The van der Waals surface area contributed by atoms with Gasteiger partial charge < -0.3 is 15.8 Å². The van der Waals surface area contributed by atoms with Crippen LogP contribution in [0, 0.1) is 11.2 Å². The number of amides is 1. The number of nitrogens with two attached hydrogens (primary N) is 1. The lowest BCUT2D eigenvalue weighted by molar-refractivity contribution is 0.0927. The minimum atomic E-state index is -0.589. The van der Waals surface area contributed by atoms with E-state index in [9.17, 15) is 9.18 Å². The molecule has 0 aliphatic heterocycles. The van der Waals surface area contributed by atoms with E-state index in [1.165, 1.54) is 19.2 Å². The van der Waals surface area contributed by atoms with Crippen molar-refractivity contribution >= 4 is 5.91 Å². The van der Waals surface area contributed by atoms with Crippen molar-refractivity contribution in [2.24, 2.45) is 11.1 Å². The van der Waals surface area contributed by atoms with Gasteiger partial charge in [-0.25, -0.2) is 4.39 Å². The summed E-state index contributed by atoms with van der Waals surface area (Å²) in [4.78, 5) is 12.0. The zero-order valence-corrected chi connectivity index (χ0v) is 11.6. The normalized spacial score (nSPS) is 11.2. The van der Waals surface area contributed by atoms with Gasteiger partial charge in [0, 0.05) is 6.54 Å². The molecule has 5 heteroatoms. The summed E-state index contributed by atoms with van der Waals surface area (Å²) in [5, 5.41) is 2.73. The topological polar surface area (TPSA) is 64.3 Å². The van der Waals surface area contributed by atoms with Crippen molar-refractivity contribution in [2.45, 2.75) is 20.3 Å². The fraction of sp³-hybridized carbons (Fsp3) is 0.500. The van der Waals surface area contributed by atoms with E-state index < -0.39 is 11.7 Å². The van der Waals surface area contributed by atoms with E-state index in [0.29, 0.717) is 13.1 Å². The molecule has 3 N–H and O–H groups in total. The molecule has 1 aromatic carbocycles. The number of methoxy groups -OCH3 is 1. The summed E-state index contributed by atoms with van der Waals surface area (Å²) >= 11 is 0. The van der Waals surface area contributed by atoms with Crippen LogP contribution < -0.4 is 15.8 Å². The predicted molar refractivity (Wildman–Crippen MR) is 72.7 cm³/mol. The van der Waals surface area contributed by atoms with E-state index in [1.54, 1.807) is 6.07 Å². The van der Waals surface area contributed by atoms with Crippen LogP contribution in [0.25, 0.3) is 0 Å². The standard InChI is InChI=1S/C14H21FN2O2/c1-14(2,7-8-16)9-17-13(18)12-10(15)5-4-6-11(12)19-3/h4-6H,7-9,16H2,1-3H3,(H,17,18). The second-order valence-electron chi connectivity index (χ2n) is 5.20. The Morgan fingerprint density at radius 1 is 1.47 bits per heavy atom. The molecule has 4 nitrogen and oxygen atoms in total. The fourth-order valence-electron chi connectivity index (χ4n) is 1.78. The summed E-state index contributed by atoms with van der Waals surface area (Å²) in [6.07, 6.45) is 0.779. The predicted octanol–water partition coefficient (Wildman–Crippen LogP) is 1.94. The number of hydrogen-bond donors (Lipinski definition) is 2. The van der Waals surface area contributed by atoms with Crippen LogP contribution in [0.4, 0.5) is 4.39 Å². The van der Waals surface area contributed by atoms with Crippen molar-refractivity contribution in [1.29, 1.82) is 0 Å². The van der Waals surface area contributed by atoms with Gasteiger partial charge in [0.25, 0.3) is 5.91 Å². The van der Waals surface area contributed by atoms with Crippen LogP contribution in [-0.2, 0) is 0 Å². The molecule has 1 amide bonds. The number of halogens is 1. The molecule has 0 aliphatic carbocycles. The fourth-order valence-corrected chi connectivity index (χ4v) is 1.78. The van der Waals surface area contributed by atoms with Gasteiger partial charge in [-0.15, -0.1) is 0 Å². The van der Waals surface area contributed by atoms with Gasteiger partial charge in [-0.2, -0.15) is 0 Å². The van der Waals surface area contributed by atoms with Gasteiger partial charge in [0.2, 0.25) is 0 Å². The lowest BCUT2D eigenvalue weighted by atomic mass is 9.89. The Bertz CT molecular complexity index is 447. The molecule has 1 rings (SSSR count). The summed E-state index contributed by atoms with van der Waals surface area (Å²) in [6.45, 7) is 4.98. The van der Waals surface area contributed by atoms with Crippen molar-refractivity contribution in [3.8, 4) is 5.75 Å². The van der Waals surface area contributed by atoms with E-state index in [2.05, 4.69) is 5.32 Å². The van der Waals surface area contributed by atoms with Crippen LogP contribution in [-0.4, -0.2) is 26.1 Å². The summed E-state index contributed by atoms with van der Waals surface area (Å²) < 4.78 is 18.7. The molecule has 0 aromatic heterocycles. The monoisotopic (exact) mass is 268 g/mol. The average Bonchev–Trinajstić information content (AvgIpc) is 2.35. The van der Waals surface area contributed by atoms with Crippen LogP contribution in [0.5, 0.6) is 5.75 Å². The van der Waals surface area contributed by atoms with Crippen molar-refractivity contribution in [2.75, 3.05) is 20.2 Å². The largest absolute Gasteiger partial charge is 0.496 e. The van der Waals surface area contributed by atoms with Crippen LogP contribution >= 0.6 is 0 Å². The van der Waals surface area contributed by atoms with Gasteiger partial charge in [0.05, 0.1) is 7.11 Å². The second-order valence-corrected chi connectivity index (χ2v) is 5.20. The van der Waals surface area contributed by atoms with Crippen molar-refractivity contribution < 1.29 is 13.9 Å². The highest BCUT2D eigenvalue weighted by atomic mass is 19.1. The van der Waals surface area contributed by atoms with Crippen molar-refractivity contribution in [3.05, 3.63) is 29.6 Å². The number of benzene rings is 1. The molecule has 0 bridgehead atoms. The third-order valence-corrected chi connectivity index (χ3v) is 2.97. The van der Waals surface area contributed by atoms with Crippen molar-refractivity contribution in [3.63, 3.8) is 0 Å².